The number of aryl methyl sites for hydroxylation is 2. The highest BCUT2D eigenvalue weighted by Crippen LogP contribution is 2.31. The van der Waals surface area contributed by atoms with Crippen LogP contribution in [0.5, 0.6) is 0 Å². The summed E-state index contributed by atoms with van der Waals surface area (Å²) >= 11 is 0. The molecule has 0 radical (unpaired) electrons. The molecule has 1 aromatic carbocycles. The van der Waals surface area contributed by atoms with Crippen LogP contribution in [0, 0.1) is 0 Å². The molecule has 1 aromatic rings. The van der Waals surface area contributed by atoms with Crippen molar-refractivity contribution < 1.29 is 8.42 Å². The first-order valence-corrected chi connectivity index (χ1v) is 8.13. The zero-order valence-electron chi connectivity index (χ0n) is 10.7. The predicted octanol–water partition coefficient (Wildman–Crippen LogP) is 2.35. The molecule has 3 nitrogen and oxygen atoms in total. The average molecular weight is 265 g/mol. The van der Waals surface area contributed by atoms with E-state index < -0.39 is 10.0 Å². The Labute approximate surface area is 109 Å². The summed E-state index contributed by atoms with van der Waals surface area (Å²) in [4.78, 5) is 0.470. The van der Waals surface area contributed by atoms with Crippen LogP contribution in [0.1, 0.15) is 36.8 Å². The number of nitrogens with zero attached hydrogens (tertiary/aromatic N) is 1. The van der Waals surface area contributed by atoms with Crippen LogP contribution in [-0.2, 0) is 22.9 Å². The highest BCUT2D eigenvalue weighted by atomic mass is 32.2. The van der Waals surface area contributed by atoms with Crippen molar-refractivity contribution >= 4 is 10.0 Å². The second-order valence-corrected chi connectivity index (χ2v) is 7.39. The first kappa shape index (κ1) is 12.2. The van der Waals surface area contributed by atoms with E-state index in [1.807, 2.05) is 12.1 Å². The number of hydrogen-bond donors (Lipinski definition) is 0. The fraction of sp³-hybridized carbons (Fsp3) is 0.571. The number of fused-ring (bicyclic) bond motifs is 1. The zero-order chi connectivity index (χ0) is 12.8. The molecule has 0 aromatic heterocycles. The zero-order valence-corrected chi connectivity index (χ0v) is 11.5. The van der Waals surface area contributed by atoms with Gasteiger partial charge in [0.25, 0.3) is 0 Å². The third-order valence-electron chi connectivity index (χ3n) is 4.06. The lowest BCUT2D eigenvalue weighted by Gasteiger charge is -2.20. The van der Waals surface area contributed by atoms with Crippen LogP contribution in [0.15, 0.2) is 23.1 Å². The molecular formula is C14H19NO2S. The molecule has 0 atom stereocenters. The fourth-order valence-electron chi connectivity index (χ4n) is 2.67. The topological polar surface area (TPSA) is 37.4 Å². The van der Waals surface area contributed by atoms with Crippen LogP contribution >= 0.6 is 0 Å². The maximum Gasteiger partial charge on any atom is 0.243 e. The number of sulfonamides is 1. The number of hydrogen-bond acceptors (Lipinski definition) is 2. The monoisotopic (exact) mass is 265 g/mol. The van der Waals surface area contributed by atoms with Crippen LogP contribution in [0.2, 0.25) is 0 Å². The Morgan fingerprint density at radius 1 is 1.11 bits per heavy atom. The van der Waals surface area contributed by atoms with Gasteiger partial charge in [-0.15, -0.1) is 0 Å². The van der Waals surface area contributed by atoms with E-state index in [-0.39, 0.29) is 6.04 Å². The molecule has 0 amide bonds. The van der Waals surface area contributed by atoms with Crippen LogP contribution in [0.4, 0.5) is 0 Å². The highest BCUT2D eigenvalue weighted by Gasteiger charge is 2.35. The van der Waals surface area contributed by atoms with Gasteiger partial charge in [0.1, 0.15) is 0 Å². The fourth-order valence-corrected chi connectivity index (χ4v) is 4.14. The Balaban J connectivity index is 1.96. The Morgan fingerprint density at radius 3 is 2.44 bits per heavy atom. The minimum Gasteiger partial charge on any atom is -0.207 e. The van der Waals surface area contributed by atoms with Gasteiger partial charge in [-0.05, 0) is 61.8 Å². The third kappa shape index (κ3) is 2.08. The van der Waals surface area contributed by atoms with Crippen molar-refractivity contribution in [1.82, 2.24) is 4.31 Å². The molecule has 0 bridgehead atoms. The molecule has 0 saturated heterocycles. The van der Waals surface area contributed by atoms with Crippen LogP contribution in [-0.4, -0.2) is 25.8 Å². The van der Waals surface area contributed by atoms with E-state index in [4.69, 9.17) is 0 Å². The largest absolute Gasteiger partial charge is 0.243 e. The molecule has 3 rings (SSSR count). The van der Waals surface area contributed by atoms with E-state index in [2.05, 4.69) is 0 Å². The summed E-state index contributed by atoms with van der Waals surface area (Å²) in [5.74, 6) is 0. The first-order chi connectivity index (χ1) is 8.59. The second kappa shape index (κ2) is 4.35. The summed E-state index contributed by atoms with van der Waals surface area (Å²) in [6.07, 6.45) is 6.51. The van der Waals surface area contributed by atoms with Gasteiger partial charge in [-0.2, -0.15) is 4.31 Å². The van der Waals surface area contributed by atoms with Crippen molar-refractivity contribution in [3.63, 3.8) is 0 Å². The first-order valence-electron chi connectivity index (χ1n) is 6.69. The Kier molecular flexibility index (Phi) is 2.94. The Morgan fingerprint density at radius 2 is 1.78 bits per heavy atom. The minimum atomic E-state index is -3.28. The van der Waals surface area contributed by atoms with E-state index in [9.17, 15) is 8.42 Å². The SMILES string of the molecule is CN(C1CC1)S(=O)(=O)c1ccc2c(c1)CCCC2. The molecule has 0 unspecified atom stereocenters. The minimum absolute atomic E-state index is 0.228. The Hall–Kier alpha value is -0.870. The van der Waals surface area contributed by atoms with E-state index in [0.717, 1.165) is 25.7 Å². The summed E-state index contributed by atoms with van der Waals surface area (Å²) in [6, 6.07) is 5.90. The average Bonchev–Trinajstić information content (AvgIpc) is 3.21. The van der Waals surface area contributed by atoms with Gasteiger partial charge >= 0.3 is 0 Å². The summed E-state index contributed by atoms with van der Waals surface area (Å²) in [7, 11) is -1.58. The van der Waals surface area contributed by atoms with Crippen molar-refractivity contribution in [2.45, 2.75) is 49.5 Å². The molecule has 2 aliphatic carbocycles. The molecule has 2 aliphatic rings. The van der Waals surface area contributed by atoms with Crippen molar-refractivity contribution in [2.24, 2.45) is 0 Å². The summed E-state index contributed by atoms with van der Waals surface area (Å²) in [5, 5.41) is 0. The second-order valence-electron chi connectivity index (χ2n) is 5.39. The number of rotatable bonds is 3. The lowest BCUT2D eigenvalue weighted by atomic mass is 9.92. The van der Waals surface area contributed by atoms with E-state index in [0.29, 0.717) is 4.90 Å². The van der Waals surface area contributed by atoms with Gasteiger partial charge in [0.05, 0.1) is 4.90 Å². The van der Waals surface area contributed by atoms with Crippen molar-refractivity contribution in [2.75, 3.05) is 7.05 Å². The molecule has 0 heterocycles. The van der Waals surface area contributed by atoms with E-state index in [1.165, 1.54) is 28.3 Å². The van der Waals surface area contributed by atoms with Gasteiger partial charge < -0.3 is 0 Å². The van der Waals surface area contributed by atoms with Gasteiger partial charge in [-0.3, -0.25) is 0 Å². The molecule has 1 saturated carbocycles. The van der Waals surface area contributed by atoms with Gasteiger partial charge in [0.2, 0.25) is 10.0 Å². The number of benzene rings is 1. The van der Waals surface area contributed by atoms with Crippen molar-refractivity contribution in [3.05, 3.63) is 29.3 Å². The molecule has 98 valence electrons. The summed E-state index contributed by atoms with van der Waals surface area (Å²) in [5.41, 5.74) is 2.56. The van der Waals surface area contributed by atoms with Crippen molar-refractivity contribution in [1.29, 1.82) is 0 Å². The molecule has 4 heteroatoms. The molecule has 1 fully saturated rings. The molecular weight excluding hydrogens is 246 g/mol. The van der Waals surface area contributed by atoms with Gasteiger partial charge in [-0.25, -0.2) is 8.42 Å². The quantitative estimate of drug-likeness (QED) is 0.841. The molecule has 0 spiro atoms. The summed E-state index contributed by atoms with van der Waals surface area (Å²) < 4.78 is 26.4. The van der Waals surface area contributed by atoms with Crippen molar-refractivity contribution in [3.8, 4) is 0 Å². The van der Waals surface area contributed by atoms with Crippen LogP contribution in [0.25, 0.3) is 0 Å². The lowest BCUT2D eigenvalue weighted by molar-refractivity contribution is 0.464. The predicted molar refractivity (Wildman–Crippen MR) is 71.1 cm³/mol. The smallest absolute Gasteiger partial charge is 0.207 e. The van der Waals surface area contributed by atoms with Crippen LogP contribution < -0.4 is 0 Å². The maximum absolute atomic E-state index is 12.4. The molecule has 0 N–H and O–H groups in total. The van der Waals surface area contributed by atoms with E-state index >= 15 is 0 Å². The molecule has 0 aliphatic heterocycles. The van der Waals surface area contributed by atoms with E-state index in [1.54, 1.807) is 13.1 Å². The normalized spacial score (nSPS) is 19.9. The standard InChI is InChI=1S/C14H19NO2S/c1-15(13-7-8-13)18(16,17)14-9-6-11-4-2-3-5-12(11)10-14/h6,9-10,13H,2-5,7-8H2,1H3. The lowest BCUT2D eigenvalue weighted by Crippen LogP contribution is -2.29. The molecule has 18 heavy (non-hydrogen) atoms. The van der Waals surface area contributed by atoms with Crippen LogP contribution in [0.3, 0.4) is 0 Å². The maximum atomic E-state index is 12.4. The van der Waals surface area contributed by atoms with Gasteiger partial charge in [0, 0.05) is 13.1 Å². The van der Waals surface area contributed by atoms with Gasteiger partial charge in [-0.1, -0.05) is 6.07 Å². The third-order valence-corrected chi connectivity index (χ3v) is 5.96. The highest BCUT2D eigenvalue weighted by molar-refractivity contribution is 7.89. The Bertz CT molecular complexity index is 561. The van der Waals surface area contributed by atoms with Gasteiger partial charge in [0.15, 0.2) is 0 Å². The summed E-state index contributed by atoms with van der Waals surface area (Å²) in [6.45, 7) is 0.